The van der Waals surface area contributed by atoms with Gasteiger partial charge in [0.2, 0.25) is 0 Å². The minimum Gasteiger partial charge on any atom is -0.385 e. The number of aliphatic hydroxyl groups is 1. The van der Waals surface area contributed by atoms with Crippen LogP contribution in [-0.4, -0.2) is 5.11 Å². The average Bonchev–Trinajstić information content (AvgIpc) is 2.65. The van der Waals surface area contributed by atoms with Gasteiger partial charge >= 0.3 is 0 Å². The van der Waals surface area contributed by atoms with Gasteiger partial charge < -0.3 is 5.11 Å². The van der Waals surface area contributed by atoms with Gasteiger partial charge in [-0.1, -0.05) is 15.9 Å². The summed E-state index contributed by atoms with van der Waals surface area (Å²) in [6, 6.07) is 4.14. The normalized spacial score (nSPS) is 18.8. The highest BCUT2D eigenvalue weighted by molar-refractivity contribution is 9.10. The Kier molecular flexibility index (Phi) is 2.00. The fraction of sp³-hybridized carbons (Fsp3) is 0.455. The van der Waals surface area contributed by atoms with E-state index in [-0.39, 0.29) is 0 Å². The second-order valence-electron chi connectivity index (χ2n) is 3.95. The molecule has 0 saturated heterocycles. The second kappa shape index (κ2) is 2.82. The molecule has 1 N–H and O–H groups in total. The van der Waals surface area contributed by atoms with Crippen LogP contribution in [0.2, 0.25) is 0 Å². The smallest absolute Gasteiger partial charge is 0.0904 e. The lowest BCUT2D eigenvalue weighted by Gasteiger charge is -2.15. The first-order valence-corrected chi connectivity index (χ1v) is 5.32. The van der Waals surface area contributed by atoms with Gasteiger partial charge in [0.15, 0.2) is 0 Å². The van der Waals surface area contributed by atoms with Gasteiger partial charge in [0, 0.05) is 4.47 Å². The highest BCUT2D eigenvalue weighted by atomic mass is 79.9. The Morgan fingerprint density at radius 2 is 1.69 bits per heavy atom. The van der Waals surface area contributed by atoms with E-state index < -0.39 is 5.60 Å². The zero-order chi connectivity index (χ0) is 9.64. The van der Waals surface area contributed by atoms with E-state index >= 15 is 0 Å². The van der Waals surface area contributed by atoms with Gasteiger partial charge in [0.25, 0.3) is 0 Å². The molecule has 0 aromatic heterocycles. The molecular weight excluding hydrogens is 228 g/mol. The van der Waals surface area contributed by atoms with E-state index in [2.05, 4.69) is 41.9 Å². The molecule has 0 atom stereocenters. The SMILES string of the molecule is Cc1cc(Br)cc(C)c1C1(O)CC1. The lowest BCUT2D eigenvalue weighted by molar-refractivity contribution is 0.150. The maximum atomic E-state index is 10.0. The molecule has 1 aromatic rings. The topological polar surface area (TPSA) is 20.2 Å². The first-order valence-electron chi connectivity index (χ1n) is 4.52. The van der Waals surface area contributed by atoms with Crippen LogP contribution in [0.1, 0.15) is 29.5 Å². The molecule has 0 amide bonds. The Morgan fingerprint density at radius 3 is 2.08 bits per heavy atom. The van der Waals surface area contributed by atoms with Crippen molar-refractivity contribution < 1.29 is 5.11 Å². The van der Waals surface area contributed by atoms with E-state index in [4.69, 9.17) is 0 Å². The summed E-state index contributed by atoms with van der Waals surface area (Å²) >= 11 is 3.45. The summed E-state index contributed by atoms with van der Waals surface area (Å²) in [5.74, 6) is 0. The first kappa shape index (κ1) is 9.22. The monoisotopic (exact) mass is 240 g/mol. The Bertz CT molecular complexity index is 330. The van der Waals surface area contributed by atoms with Crippen LogP contribution < -0.4 is 0 Å². The fourth-order valence-corrected chi connectivity index (χ4v) is 2.70. The number of hydrogen-bond acceptors (Lipinski definition) is 1. The van der Waals surface area contributed by atoms with E-state index in [0.717, 1.165) is 22.9 Å². The van der Waals surface area contributed by atoms with Crippen molar-refractivity contribution in [3.63, 3.8) is 0 Å². The van der Waals surface area contributed by atoms with Crippen molar-refractivity contribution in [3.8, 4) is 0 Å². The molecule has 1 aromatic carbocycles. The van der Waals surface area contributed by atoms with Gasteiger partial charge in [-0.25, -0.2) is 0 Å². The van der Waals surface area contributed by atoms with E-state index in [0.29, 0.717) is 0 Å². The first-order chi connectivity index (χ1) is 6.03. The summed E-state index contributed by atoms with van der Waals surface area (Å²) < 4.78 is 1.09. The molecule has 13 heavy (non-hydrogen) atoms. The Labute approximate surface area is 86.9 Å². The number of hydrogen-bond donors (Lipinski definition) is 1. The summed E-state index contributed by atoms with van der Waals surface area (Å²) in [4.78, 5) is 0. The van der Waals surface area contributed by atoms with E-state index in [9.17, 15) is 5.11 Å². The van der Waals surface area contributed by atoms with Gasteiger partial charge in [-0.2, -0.15) is 0 Å². The maximum Gasteiger partial charge on any atom is 0.0904 e. The Balaban J connectivity index is 2.57. The van der Waals surface area contributed by atoms with Crippen molar-refractivity contribution in [3.05, 3.63) is 33.3 Å². The molecule has 1 saturated carbocycles. The highest BCUT2D eigenvalue weighted by Gasteiger charge is 2.43. The molecule has 2 heteroatoms. The largest absolute Gasteiger partial charge is 0.385 e. The predicted molar refractivity (Wildman–Crippen MR) is 56.7 cm³/mol. The Hall–Kier alpha value is -0.340. The van der Waals surface area contributed by atoms with Gasteiger partial charge in [0.05, 0.1) is 5.60 Å². The predicted octanol–water partition coefficient (Wildman–Crippen LogP) is 3.05. The van der Waals surface area contributed by atoms with Crippen molar-refractivity contribution in [2.45, 2.75) is 32.3 Å². The van der Waals surface area contributed by atoms with E-state index in [1.54, 1.807) is 0 Å². The van der Waals surface area contributed by atoms with Crippen molar-refractivity contribution in [1.29, 1.82) is 0 Å². The highest BCUT2D eigenvalue weighted by Crippen LogP contribution is 2.48. The molecule has 0 unspecified atom stereocenters. The van der Waals surface area contributed by atoms with E-state index in [1.807, 2.05) is 0 Å². The molecule has 0 aliphatic heterocycles. The van der Waals surface area contributed by atoms with Crippen LogP contribution in [-0.2, 0) is 5.60 Å². The summed E-state index contributed by atoms with van der Waals surface area (Å²) in [6.45, 7) is 4.12. The van der Waals surface area contributed by atoms with Gasteiger partial charge in [0.1, 0.15) is 0 Å². The average molecular weight is 241 g/mol. The molecular formula is C11H13BrO. The van der Waals surface area contributed by atoms with Crippen LogP contribution >= 0.6 is 15.9 Å². The van der Waals surface area contributed by atoms with Crippen LogP contribution in [0.5, 0.6) is 0 Å². The quantitative estimate of drug-likeness (QED) is 0.801. The van der Waals surface area contributed by atoms with Gasteiger partial charge in [-0.05, 0) is 55.5 Å². The summed E-state index contributed by atoms with van der Waals surface area (Å²) in [5.41, 5.74) is 3.00. The molecule has 2 rings (SSSR count). The van der Waals surface area contributed by atoms with Crippen molar-refractivity contribution in [2.24, 2.45) is 0 Å². The zero-order valence-electron chi connectivity index (χ0n) is 7.89. The molecule has 0 bridgehead atoms. The summed E-state index contributed by atoms with van der Waals surface area (Å²) in [6.07, 6.45) is 1.83. The lowest BCUT2D eigenvalue weighted by Crippen LogP contribution is -2.09. The van der Waals surface area contributed by atoms with Crippen molar-refractivity contribution in [1.82, 2.24) is 0 Å². The lowest BCUT2D eigenvalue weighted by atomic mass is 9.96. The Morgan fingerprint density at radius 1 is 1.23 bits per heavy atom. The van der Waals surface area contributed by atoms with Crippen LogP contribution in [0.25, 0.3) is 0 Å². The number of aryl methyl sites for hydroxylation is 2. The third kappa shape index (κ3) is 1.53. The minimum atomic E-state index is -0.505. The minimum absolute atomic E-state index is 0.505. The number of benzene rings is 1. The maximum absolute atomic E-state index is 10.0. The van der Waals surface area contributed by atoms with Gasteiger partial charge in [-0.15, -0.1) is 0 Å². The standard InChI is InChI=1S/C11H13BrO/c1-7-5-9(12)6-8(2)10(7)11(13)3-4-11/h5-6,13H,3-4H2,1-2H3. The third-order valence-corrected chi connectivity index (χ3v) is 3.14. The molecule has 1 nitrogen and oxygen atoms in total. The molecule has 0 spiro atoms. The molecule has 70 valence electrons. The van der Waals surface area contributed by atoms with Crippen molar-refractivity contribution in [2.75, 3.05) is 0 Å². The van der Waals surface area contributed by atoms with Crippen LogP contribution in [0.15, 0.2) is 16.6 Å². The summed E-state index contributed by atoms with van der Waals surface area (Å²) in [7, 11) is 0. The molecule has 1 fully saturated rings. The second-order valence-corrected chi connectivity index (χ2v) is 4.86. The molecule has 1 aliphatic carbocycles. The zero-order valence-corrected chi connectivity index (χ0v) is 9.48. The number of rotatable bonds is 1. The van der Waals surface area contributed by atoms with Crippen LogP contribution in [0.4, 0.5) is 0 Å². The van der Waals surface area contributed by atoms with Crippen LogP contribution in [0, 0.1) is 13.8 Å². The number of halogens is 1. The summed E-state index contributed by atoms with van der Waals surface area (Å²) in [5, 5.41) is 10.0. The molecule has 0 radical (unpaired) electrons. The fourth-order valence-electron chi connectivity index (χ4n) is 2.01. The van der Waals surface area contributed by atoms with Crippen molar-refractivity contribution >= 4 is 15.9 Å². The molecule has 0 heterocycles. The third-order valence-electron chi connectivity index (χ3n) is 2.69. The van der Waals surface area contributed by atoms with Crippen LogP contribution in [0.3, 0.4) is 0 Å². The van der Waals surface area contributed by atoms with Gasteiger partial charge in [-0.3, -0.25) is 0 Å². The van der Waals surface area contributed by atoms with E-state index in [1.165, 1.54) is 11.1 Å². The molecule has 1 aliphatic rings.